The van der Waals surface area contributed by atoms with Crippen molar-refractivity contribution in [3.05, 3.63) is 29.3 Å². The van der Waals surface area contributed by atoms with Crippen LogP contribution in [0.2, 0.25) is 0 Å². The van der Waals surface area contributed by atoms with E-state index in [1.54, 1.807) is 7.11 Å². The van der Waals surface area contributed by atoms with Gasteiger partial charge in [0.15, 0.2) is 5.96 Å². The Morgan fingerprint density at radius 3 is 2.60 bits per heavy atom. The van der Waals surface area contributed by atoms with E-state index in [0.717, 1.165) is 55.4 Å². The minimum atomic E-state index is -0.203. The van der Waals surface area contributed by atoms with Crippen molar-refractivity contribution in [2.45, 2.75) is 45.8 Å². The SMILES string of the molecule is CCNC(=NCc1ccc(C)cc1OCCOCC)NCC1(OC)CCOCC1.I. The molecule has 1 aliphatic rings. The van der Waals surface area contributed by atoms with Crippen LogP contribution in [0.3, 0.4) is 0 Å². The summed E-state index contributed by atoms with van der Waals surface area (Å²) in [5, 5.41) is 6.76. The third kappa shape index (κ3) is 8.95. The van der Waals surface area contributed by atoms with Crippen molar-refractivity contribution in [3.8, 4) is 5.75 Å². The molecule has 0 atom stereocenters. The van der Waals surface area contributed by atoms with Crippen LogP contribution in [-0.2, 0) is 20.8 Å². The highest BCUT2D eigenvalue weighted by Crippen LogP contribution is 2.24. The normalized spacial score (nSPS) is 15.9. The van der Waals surface area contributed by atoms with Crippen molar-refractivity contribution in [3.63, 3.8) is 0 Å². The number of aliphatic imine (C=N–C) groups is 1. The zero-order valence-electron chi connectivity index (χ0n) is 18.8. The van der Waals surface area contributed by atoms with E-state index in [4.69, 9.17) is 23.9 Å². The number of hydrogen-bond acceptors (Lipinski definition) is 5. The van der Waals surface area contributed by atoms with Gasteiger partial charge in [0, 0.05) is 58.4 Å². The summed E-state index contributed by atoms with van der Waals surface area (Å²) in [6.07, 6.45) is 1.76. The van der Waals surface area contributed by atoms with Gasteiger partial charge < -0.3 is 29.6 Å². The molecule has 1 saturated heterocycles. The van der Waals surface area contributed by atoms with Crippen molar-refractivity contribution < 1.29 is 18.9 Å². The summed E-state index contributed by atoms with van der Waals surface area (Å²) in [5.41, 5.74) is 2.01. The van der Waals surface area contributed by atoms with Gasteiger partial charge in [-0.25, -0.2) is 4.99 Å². The maximum atomic E-state index is 5.93. The third-order valence-electron chi connectivity index (χ3n) is 5.08. The Bertz CT molecular complexity index is 637. The molecule has 1 aliphatic heterocycles. The molecule has 1 fully saturated rings. The molecule has 0 bridgehead atoms. The molecule has 7 nitrogen and oxygen atoms in total. The summed E-state index contributed by atoms with van der Waals surface area (Å²) in [6.45, 7) is 11.4. The quantitative estimate of drug-likeness (QED) is 0.196. The Balaban J connectivity index is 0.00000450. The Labute approximate surface area is 198 Å². The van der Waals surface area contributed by atoms with E-state index in [9.17, 15) is 0 Å². The fourth-order valence-electron chi connectivity index (χ4n) is 3.23. The molecule has 172 valence electrons. The lowest BCUT2D eigenvalue weighted by Gasteiger charge is -2.36. The summed E-state index contributed by atoms with van der Waals surface area (Å²) in [6, 6.07) is 6.22. The van der Waals surface area contributed by atoms with Crippen LogP contribution < -0.4 is 15.4 Å². The van der Waals surface area contributed by atoms with Crippen LogP contribution >= 0.6 is 24.0 Å². The van der Waals surface area contributed by atoms with Crippen molar-refractivity contribution >= 4 is 29.9 Å². The number of hydrogen-bond donors (Lipinski definition) is 2. The lowest BCUT2D eigenvalue weighted by atomic mass is 9.94. The summed E-state index contributed by atoms with van der Waals surface area (Å²) in [4.78, 5) is 4.76. The van der Waals surface area contributed by atoms with Crippen LogP contribution in [0.25, 0.3) is 0 Å². The molecule has 1 aromatic rings. The fourth-order valence-corrected chi connectivity index (χ4v) is 3.23. The topological polar surface area (TPSA) is 73.3 Å². The highest BCUT2D eigenvalue weighted by molar-refractivity contribution is 14.0. The lowest BCUT2D eigenvalue weighted by Crippen LogP contribution is -2.50. The summed E-state index contributed by atoms with van der Waals surface area (Å²) in [7, 11) is 1.77. The van der Waals surface area contributed by atoms with Crippen molar-refractivity contribution in [1.82, 2.24) is 10.6 Å². The molecule has 8 heteroatoms. The number of aryl methyl sites for hydroxylation is 1. The zero-order chi connectivity index (χ0) is 21.0. The third-order valence-corrected chi connectivity index (χ3v) is 5.08. The van der Waals surface area contributed by atoms with Gasteiger partial charge in [-0.2, -0.15) is 0 Å². The van der Waals surface area contributed by atoms with Crippen molar-refractivity contribution in [2.24, 2.45) is 4.99 Å². The summed E-state index contributed by atoms with van der Waals surface area (Å²) < 4.78 is 22.6. The molecular weight excluding hydrogens is 497 g/mol. The number of methoxy groups -OCH3 is 1. The van der Waals surface area contributed by atoms with E-state index in [0.29, 0.717) is 32.9 Å². The maximum Gasteiger partial charge on any atom is 0.191 e. The smallest absolute Gasteiger partial charge is 0.191 e. The first-order valence-electron chi connectivity index (χ1n) is 10.6. The molecule has 30 heavy (non-hydrogen) atoms. The number of halogens is 1. The van der Waals surface area contributed by atoms with Gasteiger partial charge in [0.2, 0.25) is 0 Å². The van der Waals surface area contributed by atoms with Gasteiger partial charge in [-0.1, -0.05) is 12.1 Å². The van der Waals surface area contributed by atoms with E-state index in [-0.39, 0.29) is 29.6 Å². The molecule has 1 aromatic carbocycles. The first kappa shape index (κ1) is 26.9. The van der Waals surface area contributed by atoms with Crippen LogP contribution in [0.4, 0.5) is 0 Å². The number of benzene rings is 1. The second-order valence-electron chi connectivity index (χ2n) is 7.20. The number of nitrogens with one attached hydrogen (secondary N) is 2. The molecule has 0 aromatic heterocycles. The standard InChI is InChI=1S/C22H37N3O4.HI/c1-5-23-21(25-17-22(26-4)9-11-28-12-10-22)24-16-19-8-7-18(3)15-20(19)29-14-13-27-6-2;/h7-8,15H,5-6,9-14,16-17H2,1-4H3,(H2,23,24,25);1H. The molecule has 0 amide bonds. The fraction of sp³-hybridized carbons (Fsp3) is 0.682. The van der Waals surface area contributed by atoms with E-state index in [1.807, 2.05) is 6.92 Å². The van der Waals surface area contributed by atoms with E-state index < -0.39 is 0 Å². The molecule has 0 radical (unpaired) electrons. The Morgan fingerprint density at radius 2 is 1.93 bits per heavy atom. The first-order valence-corrected chi connectivity index (χ1v) is 10.6. The molecule has 0 saturated carbocycles. The zero-order valence-corrected chi connectivity index (χ0v) is 21.1. The molecular formula is C22H38IN3O4. The Kier molecular flexibility index (Phi) is 13.3. The monoisotopic (exact) mass is 535 g/mol. The van der Waals surface area contributed by atoms with Crippen LogP contribution in [0.15, 0.2) is 23.2 Å². The molecule has 2 N–H and O–H groups in total. The van der Waals surface area contributed by atoms with Gasteiger partial charge in [0.05, 0.1) is 18.8 Å². The van der Waals surface area contributed by atoms with E-state index >= 15 is 0 Å². The molecule has 0 unspecified atom stereocenters. The molecule has 0 aliphatic carbocycles. The first-order chi connectivity index (χ1) is 14.1. The van der Waals surface area contributed by atoms with E-state index in [2.05, 4.69) is 42.7 Å². The van der Waals surface area contributed by atoms with Gasteiger partial charge in [-0.05, 0) is 32.4 Å². The highest BCUT2D eigenvalue weighted by Gasteiger charge is 2.32. The molecule has 1 heterocycles. The van der Waals surface area contributed by atoms with Gasteiger partial charge in [0.1, 0.15) is 12.4 Å². The van der Waals surface area contributed by atoms with Gasteiger partial charge >= 0.3 is 0 Å². The number of ether oxygens (including phenoxy) is 4. The lowest BCUT2D eigenvalue weighted by molar-refractivity contribution is -0.0855. The van der Waals surface area contributed by atoms with Crippen LogP contribution in [0.1, 0.15) is 37.8 Å². The van der Waals surface area contributed by atoms with Gasteiger partial charge in [0.25, 0.3) is 0 Å². The second-order valence-corrected chi connectivity index (χ2v) is 7.20. The minimum absolute atomic E-state index is 0. The van der Waals surface area contributed by atoms with Crippen molar-refractivity contribution in [1.29, 1.82) is 0 Å². The average Bonchev–Trinajstić information content (AvgIpc) is 2.75. The van der Waals surface area contributed by atoms with Crippen LogP contribution in [-0.4, -0.2) is 64.8 Å². The van der Waals surface area contributed by atoms with Gasteiger partial charge in [-0.15, -0.1) is 24.0 Å². The van der Waals surface area contributed by atoms with Crippen LogP contribution in [0.5, 0.6) is 5.75 Å². The number of rotatable bonds is 11. The van der Waals surface area contributed by atoms with Crippen molar-refractivity contribution in [2.75, 3.05) is 53.2 Å². The second kappa shape index (κ2) is 14.8. The molecule has 2 rings (SSSR count). The predicted octanol–water partition coefficient (Wildman–Crippen LogP) is 3.28. The summed E-state index contributed by atoms with van der Waals surface area (Å²) >= 11 is 0. The highest BCUT2D eigenvalue weighted by atomic mass is 127. The largest absolute Gasteiger partial charge is 0.491 e. The molecule has 0 spiro atoms. The average molecular weight is 535 g/mol. The summed E-state index contributed by atoms with van der Waals surface area (Å²) in [5.74, 6) is 1.64. The van der Waals surface area contributed by atoms with E-state index in [1.165, 1.54) is 0 Å². The number of nitrogens with zero attached hydrogens (tertiary/aromatic N) is 1. The minimum Gasteiger partial charge on any atom is -0.491 e. The van der Waals surface area contributed by atoms with Gasteiger partial charge in [-0.3, -0.25) is 0 Å². The number of guanidine groups is 1. The Morgan fingerprint density at radius 1 is 1.17 bits per heavy atom. The predicted molar refractivity (Wildman–Crippen MR) is 131 cm³/mol. The maximum absolute atomic E-state index is 5.93. The van der Waals surface area contributed by atoms with Crippen LogP contribution in [0, 0.1) is 6.92 Å². The Hall–Kier alpha value is -1.10.